The van der Waals surface area contributed by atoms with Gasteiger partial charge >= 0.3 is 0 Å². The maximum Gasteiger partial charge on any atom is 0.260 e. The molecule has 0 amide bonds. The van der Waals surface area contributed by atoms with Crippen LogP contribution in [0.3, 0.4) is 0 Å². The van der Waals surface area contributed by atoms with E-state index in [1.165, 1.54) is 6.20 Å². The lowest BCUT2D eigenvalue weighted by Gasteiger charge is -2.13. The molecule has 0 spiro atoms. The van der Waals surface area contributed by atoms with Crippen LogP contribution in [0.1, 0.15) is 20.3 Å². The highest BCUT2D eigenvalue weighted by atomic mass is 32.2. The highest BCUT2D eigenvalue weighted by Gasteiger charge is 2.20. The van der Waals surface area contributed by atoms with Gasteiger partial charge < -0.3 is 5.32 Å². The van der Waals surface area contributed by atoms with Crippen LogP contribution < -0.4 is 10.0 Å². The minimum absolute atomic E-state index is 0.0396. The van der Waals surface area contributed by atoms with Gasteiger partial charge in [0.15, 0.2) is 5.03 Å². The molecule has 2 N–H and O–H groups in total. The molecule has 0 radical (unpaired) electrons. The van der Waals surface area contributed by atoms with Crippen LogP contribution in [-0.4, -0.2) is 26.5 Å². The van der Waals surface area contributed by atoms with Gasteiger partial charge in [0.2, 0.25) is 0 Å². The molecule has 16 heavy (non-hydrogen) atoms. The fraction of sp³-hybridized carbons (Fsp3) is 0.500. The van der Waals surface area contributed by atoms with Gasteiger partial charge in [-0.25, -0.2) is 18.1 Å². The summed E-state index contributed by atoms with van der Waals surface area (Å²) < 4.78 is 26.5. The molecular formula is C10H17N3O2S. The van der Waals surface area contributed by atoms with E-state index < -0.39 is 10.0 Å². The van der Waals surface area contributed by atoms with E-state index in [1.54, 1.807) is 19.2 Å². The third-order valence-electron chi connectivity index (χ3n) is 2.26. The molecule has 1 unspecified atom stereocenters. The van der Waals surface area contributed by atoms with E-state index in [2.05, 4.69) is 15.0 Å². The molecule has 0 bridgehead atoms. The van der Waals surface area contributed by atoms with Crippen molar-refractivity contribution in [3.8, 4) is 0 Å². The number of nitrogens with one attached hydrogen (secondary N) is 2. The minimum Gasteiger partial charge on any atom is -0.386 e. The highest BCUT2D eigenvalue weighted by Crippen LogP contribution is 2.17. The number of rotatable bonds is 5. The molecule has 0 fully saturated rings. The summed E-state index contributed by atoms with van der Waals surface area (Å²) in [5, 5.41) is 2.85. The van der Waals surface area contributed by atoms with Crippen molar-refractivity contribution in [3.05, 3.63) is 18.3 Å². The first kappa shape index (κ1) is 12.9. The molecular weight excluding hydrogens is 226 g/mol. The first-order valence-corrected chi connectivity index (χ1v) is 6.64. The maximum atomic E-state index is 12.0. The summed E-state index contributed by atoms with van der Waals surface area (Å²) in [6.45, 7) is 3.74. The summed E-state index contributed by atoms with van der Waals surface area (Å²) in [4.78, 5) is 3.90. The minimum atomic E-state index is -3.54. The van der Waals surface area contributed by atoms with Crippen LogP contribution in [0.15, 0.2) is 23.4 Å². The van der Waals surface area contributed by atoms with Crippen LogP contribution in [0, 0.1) is 0 Å². The van der Waals surface area contributed by atoms with Crippen LogP contribution in [0.25, 0.3) is 0 Å². The van der Waals surface area contributed by atoms with Gasteiger partial charge in [0.25, 0.3) is 10.0 Å². The van der Waals surface area contributed by atoms with Crippen molar-refractivity contribution in [2.75, 3.05) is 12.4 Å². The monoisotopic (exact) mass is 243 g/mol. The molecule has 6 heteroatoms. The summed E-state index contributed by atoms with van der Waals surface area (Å²) in [5.74, 6) is 0. The van der Waals surface area contributed by atoms with Gasteiger partial charge in [-0.1, -0.05) is 6.92 Å². The van der Waals surface area contributed by atoms with Crippen molar-refractivity contribution in [2.45, 2.75) is 31.3 Å². The van der Waals surface area contributed by atoms with E-state index in [-0.39, 0.29) is 11.1 Å². The lowest BCUT2D eigenvalue weighted by Crippen LogP contribution is -2.33. The molecule has 1 aromatic heterocycles. The van der Waals surface area contributed by atoms with Gasteiger partial charge in [-0.15, -0.1) is 0 Å². The Bertz CT molecular complexity index is 445. The summed E-state index contributed by atoms with van der Waals surface area (Å²) in [5.41, 5.74) is 0.498. The van der Waals surface area contributed by atoms with Crippen LogP contribution >= 0.6 is 0 Å². The van der Waals surface area contributed by atoms with Crippen LogP contribution in [0.2, 0.25) is 0 Å². The first-order valence-electron chi connectivity index (χ1n) is 5.16. The predicted molar refractivity (Wildman–Crippen MR) is 63.9 cm³/mol. The fourth-order valence-corrected chi connectivity index (χ4v) is 2.67. The van der Waals surface area contributed by atoms with Crippen molar-refractivity contribution in [2.24, 2.45) is 0 Å². The number of anilines is 1. The Morgan fingerprint density at radius 3 is 2.75 bits per heavy atom. The summed E-state index contributed by atoms with van der Waals surface area (Å²) in [6.07, 6.45) is 2.20. The highest BCUT2D eigenvalue weighted by molar-refractivity contribution is 7.89. The normalized spacial score (nSPS) is 13.4. The molecule has 0 aliphatic rings. The van der Waals surface area contributed by atoms with Gasteiger partial charge in [0.1, 0.15) is 0 Å². The second kappa shape index (κ2) is 5.27. The van der Waals surface area contributed by atoms with E-state index in [1.807, 2.05) is 13.8 Å². The zero-order chi connectivity index (χ0) is 12.2. The van der Waals surface area contributed by atoms with Gasteiger partial charge in [0.05, 0.1) is 5.69 Å². The topological polar surface area (TPSA) is 71.1 Å². The Morgan fingerprint density at radius 1 is 1.50 bits per heavy atom. The molecule has 90 valence electrons. The van der Waals surface area contributed by atoms with Gasteiger partial charge in [-0.2, -0.15) is 0 Å². The number of nitrogens with zero attached hydrogens (tertiary/aromatic N) is 1. The van der Waals surface area contributed by atoms with E-state index in [9.17, 15) is 8.42 Å². The van der Waals surface area contributed by atoms with Gasteiger partial charge in [0, 0.05) is 19.3 Å². The van der Waals surface area contributed by atoms with Crippen molar-refractivity contribution in [1.82, 2.24) is 9.71 Å². The van der Waals surface area contributed by atoms with E-state index in [0.29, 0.717) is 5.69 Å². The Morgan fingerprint density at radius 2 is 2.19 bits per heavy atom. The third-order valence-corrected chi connectivity index (χ3v) is 3.81. The van der Waals surface area contributed by atoms with Crippen molar-refractivity contribution >= 4 is 15.7 Å². The Balaban J connectivity index is 3.07. The first-order chi connectivity index (χ1) is 7.51. The number of sulfonamides is 1. The largest absolute Gasteiger partial charge is 0.386 e. The van der Waals surface area contributed by atoms with Gasteiger partial charge in [-0.05, 0) is 25.5 Å². The molecule has 5 nitrogen and oxygen atoms in total. The number of aromatic nitrogens is 1. The average molecular weight is 243 g/mol. The van der Waals surface area contributed by atoms with Crippen molar-refractivity contribution < 1.29 is 8.42 Å². The maximum absolute atomic E-state index is 12.0. The van der Waals surface area contributed by atoms with E-state index >= 15 is 0 Å². The third kappa shape index (κ3) is 2.93. The SMILES string of the molecule is CCC(C)NS(=O)(=O)c1ncccc1NC. The average Bonchev–Trinajstić information content (AvgIpc) is 2.28. The number of pyridine rings is 1. The Labute approximate surface area is 96.3 Å². The lowest BCUT2D eigenvalue weighted by molar-refractivity contribution is 0.553. The molecule has 1 rings (SSSR count). The molecule has 0 saturated heterocycles. The van der Waals surface area contributed by atoms with Crippen LogP contribution in [0.4, 0.5) is 5.69 Å². The van der Waals surface area contributed by atoms with Crippen molar-refractivity contribution in [3.63, 3.8) is 0 Å². The zero-order valence-electron chi connectivity index (χ0n) is 9.69. The Hall–Kier alpha value is -1.14. The van der Waals surface area contributed by atoms with E-state index in [4.69, 9.17) is 0 Å². The van der Waals surface area contributed by atoms with E-state index in [0.717, 1.165) is 6.42 Å². The smallest absolute Gasteiger partial charge is 0.260 e. The second-order valence-electron chi connectivity index (χ2n) is 3.54. The fourth-order valence-electron chi connectivity index (χ4n) is 1.20. The molecule has 0 aromatic carbocycles. The number of hydrogen-bond acceptors (Lipinski definition) is 4. The molecule has 1 aromatic rings. The number of hydrogen-bond donors (Lipinski definition) is 2. The lowest BCUT2D eigenvalue weighted by atomic mass is 10.3. The molecule has 1 atom stereocenters. The Kier molecular flexibility index (Phi) is 4.26. The summed E-state index contributed by atoms with van der Waals surface area (Å²) in [6, 6.07) is 3.27. The molecule has 0 aliphatic heterocycles. The van der Waals surface area contributed by atoms with Crippen LogP contribution in [-0.2, 0) is 10.0 Å². The summed E-state index contributed by atoms with van der Waals surface area (Å²) >= 11 is 0. The predicted octanol–water partition coefficient (Wildman–Crippen LogP) is 1.20. The van der Waals surface area contributed by atoms with Gasteiger partial charge in [-0.3, -0.25) is 0 Å². The molecule has 0 saturated carbocycles. The van der Waals surface area contributed by atoms with Crippen molar-refractivity contribution in [1.29, 1.82) is 0 Å². The molecule has 1 heterocycles. The zero-order valence-corrected chi connectivity index (χ0v) is 10.5. The second-order valence-corrected chi connectivity index (χ2v) is 5.17. The van der Waals surface area contributed by atoms with Crippen LogP contribution in [0.5, 0.6) is 0 Å². The quantitative estimate of drug-likeness (QED) is 0.815. The molecule has 0 aliphatic carbocycles. The standard InChI is InChI=1S/C10H17N3O2S/c1-4-8(2)13-16(14,15)10-9(11-3)6-5-7-12-10/h5-8,11,13H,4H2,1-3H3. The summed E-state index contributed by atoms with van der Waals surface area (Å²) in [7, 11) is -1.87.